The molecule has 10 heteroatoms. The van der Waals surface area contributed by atoms with Gasteiger partial charge in [0.15, 0.2) is 23.0 Å². The molecule has 2 aromatic rings. The van der Waals surface area contributed by atoms with E-state index in [0.717, 1.165) is 36.8 Å². The zero-order valence-corrected chi connectivity index (χ0v) is 46.1. The lowest BCUT2D eigenvalue weighted by molar-refractivity contribution is -0.146. The number of phenols is 1. The van der Waals surface area contributed by atoms with E-state index in [4.69, 9.17) is 25.8 Å². The number of nitrogens with zero attached hydrogens (tertiary/aromatic N) is 3. The molecule has 70 heavy (non-hydrogen) atoms. The van der Waals surface area contributed by atoms with Crippen LogP contribution in [0.2, 0.25) is 0 Å². The van der Waals surface area contributed by atoms with Gasteiger partial charge in [0.2, 0.25) is 5.24 Å². The molecule has 0 aliphatic heterocycles. The predicted molar refractivity (Wildman–Crippen MR) is 296 cm³/mol. The second-order valence-corrected chi connectivity index (χ2v) is 18.4. The Morgan fingerprint density at radius 2 is 1.14 bits per heavy atom. The molecule has 0 aliphatic rings. The number of methoxy groups -OCH3 is 2. The monoisotopic (exact) mass is 984 g/mol. The predicted octanol–water partition coefficient (Wildman–Crippen LogP) is 16.2. The number of hydrogen-bond acceptors (Lipinski definition) is 9. The summed E-state index contributed by atoms with van der Waals surface area (Å²) in [4.78, 5) is 26.9. The van der Waals surface area contributed by atoms with Gasteiger partial charge in [-0.25, -0.2) is 0 Å². The van der Waals surface area contributed by atoms with Crippen LogP contribution in [0.1, 0.15) is 151 Å². The number of rotatable bonds is 28. The van der Waals surface area contributed by atoms with Crippen LogP contribution in [-0.2, 0) is 9.59 Å². The fourth-order valence-electron chi connectivity index (χ4n) is 6.85. The third kappa shape index (κ3) is 27.7. The smallest absolute Gasteiger partial charge is 0.317 e. The molecule has 2 aromatic carbocycles. The minimum Gasteiger partial charge on any atom is -0.504 e. The summed E-state index contributed by atoms with van der Waals surface area (Å²) in [7, 11) is 3.09. The number of halogens is 1. The van der Waals surface area contributed by atoms with Crippen molar-refractivity contribution in [1.82, 2.24) is 4.90 Å². The molecule has 388 valence electrons. The number of hydrogen-bond donors (Lipinski definition) is 1. The lowest BCUT2D eigenvalue weighted by atomic mass is 9.78. The van der Waals surface area contributed by atoms with Gasteiger partial charge in [0.05, 0.1) is 43.6 Å². The van der Waals surface area contributed by atoms with Gasteiger partial charge in [-0.1, -0.05) is 128 Å². The summed E-state index contributed by atoms with van der Waals surface area (Å²) in [5, 5.41) is 27.7. The third-order valence-corrected chi connectivity index (χ3v) is 13.0. The van der Waals surface area contributed by atoms with Gasteiger partial charge in [0.25, 0.3) is 0 Å². The highest BCUT2D eigenvalue weighted by molar-refractivity contribution is 6.64. The van der Waals surface area contributed by atoms with E-state index in [-0.39, 0.29) is 28.8 Å². The van der Waals surface area contributed by atoms with E-state index >= 15 is 0 Å². The average Bonchev–Trinajstić information content (AvgIpc) is 3.37. The summed E-state index contributed by atoms with van der Waals surface area (Å²) >= 11 is 5.65. The van der Waals surface area contributed by atoms with Gasteiger partial charge >= 0.3 is 5.97 Å². The fraction of sp³-hybridized carbons (Fsp3) is 0.533. The second kappa shape index (κ2) is 39.4. The first-order valence-electron chi connectivity index (χ1n) is 25.1. The summed E-state index contributed by atoms with van der Waals surface area (Å²) in [6, 6.07) is 15.3. The van der Waals surface area contributed by atoms with Gasteiger partial charge < -0.3 is 24.2 Å². The van der Waals surface area contributed by atoms with Crippen LogP contribution in [0, 0.1) is 57.2 Å². The Kier molecular flexibility index (Phi) is 37.5. The number of allylic oxidation sites excluding steroid dienone is 8. The lowest BCUT2D eigenvalue weighted by Crippen LogP contribution is -2.33. The first kappa shape index (κ1) is 66.7. The van der Waals surface area contributed by atoms with Gasteiger partial charge in [0, 0.05) is 5.41 Å². The molecule has 0 radical (unpaired) electrons. The van der Waals surface area contributed by atoms with E-state index in [0.29, 0.717) is 67.6 Å². The molecule has 0 amide bonds. The molecular weight excluding hydrogens is 894 g/mol. The molecule has 0 spiro atoms. The van der Waals surface area contributed by atoms with Gasteiger partial charge in [0.1, 0.15) is 0 Å². The number of carbonyl (C=O) groups is 2. The Labute approximate surface area is 430 Å². The quantitative estimate of drug-likeness (QED) is 0.0383. The Morgan fingerprint density at radius 1 is 0.714 bits per heavy atom. The molecular formula is C60H90ClN3O6. The maximum Gasteiger partial charge on any atom is 0.317 e. The van der Waals surface area contributed by atoms with Crippen molar-refractivity contribution in [2.24, 2.45) is 34.5 Å². The van der Waals surface area contributed by atoms with Gasteiger partial charge in [-0.05, 0) is 163 Å². The molecule has 9 nitrogen and oxygen atoms in total. The molecule has 0 aliphatic carbocycles. The molecule has 0 fully saturated rings. The number of benzene rings is 2. The summed E-state index contributed by atoms with van der Waals surface area (Å²) in [6.07, 6.45) is 27.6. The Hall–Kier alpha value is -5.35. The number of carbonyl (C=O) groups excluding carboxylic acids is 2. The Balaban J connectivity index is 0. The Bertz CT molecular complexity index is 2000. The van der Waals surface area contributed by atoms with Crippen molar-refractivity contribution in [3.05, 3.63) is 109 Å². The zero-order chi connectivity index (χ0) is 53.5. The van der Waals surface area contributed by atoms with Crippen LogP contribution in [-0.4, -0.2) is 55.1 Å². The van der Waals surface area contributed by atoms with Gasteiger partial charge in [-0.15, -0.1) is 13.2 Å². The van der Waals surface area contributed by atoms with Crippen LogP contribution in [0.5, 0.6) is 23.0 Å². The Morgan fingerprint density at radius 3 is 1.50 bits per heavy atom. The van der Waals surface area contributed by atoms with E-state index in [2.05, 4.69) is 77.0 Å². The van der Waals surface area contributed by atoms with E-state index in [1.165, 1.54) is 26.7 Å². The number of aromatic hydroxyl groups is 1. The molecule has 0 aromatic heterocycles. The topological polar surface area (TPSA) is 133 Å². The second-order valence-electron chi connectivity index (χ2n) is 18.0. The SMILES string of the molecule is C=CC(C)CCC=CCC(C#N)CC(C)(CC)C(=O)Cl.C=CC(C)CCC=CCC(C#N)CC(C)(CC)C(=O)Oc1ccc(C=CC)cc1OC.CC=Cc1ccc(O)c(OC)c1.CCN(CC)CC. The summed E-state index contributed by atoms with van der Waals surface area (Å²) < 4.78 is 16.1. The van der Waals surface area contributed by atoms with Crippen LogP contribution >= 0.6 is 11.6 Å². The molecule has 1 N–H and O–H groups in total. The number of ether oxygens (including phenoxy) is 3. The highest BCUT2D eigenvalue weighted by Crippen LogP contribution is 2.37. The summed E-state index contributed by atoms with van der Waals surface area (Å²) in [6.45, 7) is 33.4. The molecule has 0 heterocycles. The first-order valence-corrected chi connectivity index (χ1v) is 25.5. The van der Waals surface area contributed by atoms with Crippen molar-refractivity contribution in [2.75, 3.05) is 33.9 Å². The van der Waals surface area contributed by atoms with Crippen LogP contribution in [0.25, 0.3) is 12.2 Å². The van der Waals surface area contributed by atoms with Crippen LogP contribution < -0.4 is 14.2 Å². The summed E-state index contributed by atoms with van der Waals surface area (Å²) in [5.74, 6) is 1.84. The van der Waals surface area contributed by atoms with E-state index in [1.54, 1.807) is 25.3 Å². The van der Waals surface area contributed by atoms with Crippen LogP contribution in [0.15, 0.2) is 98.2 Å². The molecule has 0 saturated carbocycles. The van der Waals surface area contributed by atoms with Crippen molar-refractivity contribution >= 4 is 35.0 Å². The van der Waals surface area contributed by atoms with E-state index in [9.17, 15) is 25.2 Å². The van der Waals surface area contributed by atoms with Crippen LogP contribution in [0.4, 0.5) is 0 Å². The molecule has 6 atom stereocenters. The molecule has 2 rings (SSSR count). The average molecular weight is 985 g/mol. The van der Waals surface area contributed by atoms with Gasteiger partial charge in [-0.2, -0.15) is 10.5 Å². The third-order valence-electron chi connectivity index (χ3n) is 12.5. The standard InChI is InChI=1S/C27H37NO3.C17H26ClNO.C10H12O2.C6H15N/c1-7-13-22-16-17-24(25(18-22)30-6)31-26(29)27(5,9-3)19-23(20-28)15-12-10-11-14-21(4)8-2;1-5-14(3)10-8-7-9-11-15(13-19)12-17(4,6-2)16(18)20;1-3-4-8-5-6-9(11)10(7-8)12-2;1-4-7(5-2)6-3/h7-8,10,12-13,16-18,21,23H,2,9,11,14-15,19H2,1,3-6H3;5,7,9,14-15H,1,6,8,10-12H2,2-4H3;3-7,11H,1-2H3;4-6H2,1-3H3. The first-order chi connectivity index (χ1) is 33.3. The molecule has 0 bridgehead atoms. The molecule has 0 saturated heterocycles. The fourth-order valence-corrected chi connectivity index (χ4v) is 7.06. The van der Waals surface area contributed by atoms with Gasteiger partial charge in [-0.3, -0.25) is 9.59 Å². The van der Waals surface area contributed by atoms with Crippen LogP contribution in [0.3, 0.4) is 0 Å². The molecule has 6 unspecified atom stereocenters. The number of esters is 1. The minimum absolute atomic E-state index is 0.157. The maximum atomic E-state index is 13.1. The van der Waals surface area contributed by atoms with Crippen molar-refractivity contribution in [2.45, 2.75) is 140 Å². The highest BCUT2D eigenvalue weighted by Gasteiger charge is 2.36. The maximum absolute atomic E-state index is 13.1. The largest absolute Gasteiger partial charge is 0.504 e. The zero-order valence-electron chi connectivity index (χ0n) is 45.4. The normalized spacial score (nSPS) is 14.5. The van der Waals surface area contributed by atoms with Crippen molar-refractivity contribution in [3.8, 4) is 35.1 Å². The summed E-state index contributed by atoms with van der Waals surface area (Å²) in [5.41, 5.74) is 0.648. The van der Waals surface area contributed by atoms with E-state index in [1.807, 2.05) is 108 Å². The lowest BCUT2D eigenvalue weighted by Gasteiger charge is -2.28. The number of nitriles is 2. The number of phenolic OH excluding ortho intramolecular Hbond substituents is 1. The van der Waals surface area contributed by atoms with E-state index < -0.39 is 10.8 Å². The van der Waals surface area contributed by atoms with Crippen molar-refractivity contribution < 1.29 is 28.9 Å². The minimum atomic E-state index is -0.751. The highest BCUT2D eigenvalue weighted by atomic mass is 35.5. The van der Waals surface area contributed by atoms with Crippen molar-refractivity contribution in [3.63, 3.8) is 0 Å². The van der Waals surface area contributed by atoms with Crippen molar-refractivity contribution in [1.29, 1.82) is 10.5 Å².